The van der Waals surface area contributed by atoms with Gasteiger partial charge in [0.2, 0.25) is 0 Å². The van der Waals surface area contributed by atoms with E-state index in [0.717, 1.165) is 18.4 Å². The van der Waals surface area contributed by atoms with Crippen LogP contribution >= 0.6 is 0 Å². The normalized spacial score (nSPS) is 33.9. The van der Waals surface area contributed by atoms with Gasteiger partial charge in [-0.3, -0.25) is 9.59 Å². The van der Waals surface area contributed by atoms with Crippen LogP contribution in [0.2, 0.25) is 0 Å². The molecular formula is C22H24O4. The summed E-state index contributed by atoms with van der Waals surface area (Å²) in [6.07, 6.45) is 6.50. The summed E-state index contributed by atoms with van der Waals surface area (Å²) in [4.78, 5) is 26.2. The summed E-state index contributed by atoms with van der Waals surface area (Å²) in [5.74, 6) is -1.09. The van der Waals surface area contributed by atoms with Crippen LogP contribution in [0.4, 0.5) is 0 Å². The average Bonchev–Trinajstić information content (AvgIpc) is 3.12. The smallest absolute Gasteiger partial charge is 0.324 e. The molecule has 136 valence electrons. The number of carbonyl (C=O) groups is 2. The maximum absolute atomic E-state index is 13.2. The van der Waals surface area contributed by atoms with E-state index in [1.165, 1.54) is 12.7 Å². The third-order valence-corrected chi connectivity index (χ3v) is 6.81. The molecule has 0 amide bonds. The van der Waals surface area contributed by atoms with Crippen LogP contribution in [-0.2, 0) is 25.5 Å². The zero-order chi connectivity index (χ0) is 18.5. The Balaban J connectivity index is 1.82. The molecule has 3 aliphatic rings. The lowest BCUT2D eigenvalue weighted by Gasteiger charge is -2.40. The fourth-order valence-electron chi connectivity index (χ4n) is 5.42. The van der Waals surface area contributed by atoms with E-state index in [0.29, 0.717) is 12.8 Å². The molecule has 1 saturated heterocycles. The molecule has 0 N–H and O–H groups in total. The van der Waals surface area contributed by atoms with Gasteiger partial charge in [0, 0.05) is 24.2 Å². The maximum Gasteiger partial charge on any atom is 0.324 e. The second-order valence-corrected chi connectivity index (χ2v) is 7.70. The summed E-state index contributed by atoms with van der Waals surface area (Å²) >= 11 is 0. The van der Waals surface area contributed by atoms with Crippen molar-refractivity contribution in [2.24, 2.45) is 17.3 Å². The monoisotopic (exact) mass is 352 g/mol. The highest BCUT2D eigenvalue weighted by Crippen LogP contribution is 2.62. The highest BCUT2D eigenvalue weighted by Gasteiger charge is 2.70. The van der Waals surface area contributed by atoms with Crippen molar-refractivity contribution < 1.29 is 19.1 Å². The minimum atomic E-state index is -1.28. The molecule has 26 heavy (non-hydrogen) atoms. The van der Waals surface area contributed by atoms with Crippen molar-refractivity contribution in [2.75, 3.05) is 7.11 Å². The van der Waals surface area contributed by atoms with Gasteiger partial charge in [0.25, 0.3) is 0 Å². The topological polar surface area (TPSA) is 52.6 Å². The summed E-state index contributed by atoms with van der Waals surface area (Å²) in [7, 11) is 1.34. The number of esters is 2. The fourth-order valence-corrected chi connectivity index (χ4v) is 5.42. The lowest BCUT2D eigenvalue weighted by atomic mass is 9.58. The molecule has 2 fully saturated rings. The van der Waals surface area contributed by atoms with E-state index in [2.05, 4.69) is 13.2 Å². The third-order valence-electron chi connectivity index (χ3n) is 6.81. The Morgan fingerprint density at radius 2 is 1.88 bits per heavy atom. The van der Waals surface area contributed by atoms with E-state index in [1.807, 2.05) is 36.4 Å². The third kappa shape index (κ3) is 1.96. The van der Waals surface area contributed by atoms with Gasteiger partial charge in [0.1, 0.15) is 5.60 Å². The predicted octanol–water partition coefficient (Wildman–Crippen LogP) is 3.57. The average molecular weight is 352 g/mol. The highest BCUT2D eigenvalue weighted by atomic mass is 16.6. The van der Waals surface area contributed by atoms with Gasteiger partial charge in [-0.2, -0.15) is 0 Å². The first kappa shape index (κ1) is 17.1. The van der Waals surface area contributed by atoms with Crippen LogP contribution in [0.25, 0.3) is 0 Å². The van der Waals surface area contributed by atoms with Crippen LogP contribution in [0.5, 0.6) is 0 Å². The molecule has 1 saturated carbocycles. The quantitative estimate of drug-likeness (QED) is 0.472. The molecule has 0 aromatic heterocycles. The molecule has 4 rings (SSSR count). The summed E-state index contributed by atoms with van der Waals surface area (Å²) in [6, 6.07) is 7.96. The number of rotatable bonds is 4. The molecule has 4 heteroatoms. The van der Waals surface area contributed by atoms with Crippen molar-refractivity contribution in [1.82, 2.24) is 0 Å². The van der Waals surface area contributed by atoms with Crippen molar-refractivity contribution in [2.45, 2.75) is 37.2 Å². The first-order valence-corrected chi connectivity index (χ1v) is 9.18. The molecule has 1 heterocycles. The molecule has 1 spiro atoms. The Kier molecular flexibility index (Phi) is 3.83. The van der Waals surface area contributed by atoms with Crippen LogP contribution in [0, 0.1) is 17.3 Å². The Bertz CT molecular complexity index is 779. The fraction of sp³-hybridized carbons (Fsp3) is 0.455. The van der Waals surface area contributed by atoms with Gasteiger partial charge in [-0.05, 0) is 30.4 Å². The van der Waals surface area contributed by atoms with Crippen LogP contribution in [0.1, 0.15) is 36.3 Å². The first-order valence-electron chi connectivity index (χ1n) is 9.18. The molecule has 0 bridgehead atoms. The minimum absolute atomic E-state index is 0.0244. The molecule has 1 aromatic rings. The number of hydrogen-bond acceptors (Lipinski definition) is 4. The number of hydrogen-bond donors (Lipinski definition) is 0. The van der Waals surface area contributed by atoms with Gasteiger partial charge in [0.05, 0.1) is 7.11 Å². The van der Waals surface area contributed by atoms with Gasteiger partial charge < -0.3 is 9.47 Å². The van der Waals surface area contributed by atoms with Gasteiger partial charge in [-0.15, -0.1) is 13.2 Å². The summed E-state index contributed by atoms with van der Waals surface area (Å²) < 4.78 is 11.2. The number of benzene rings is 1. The van der Waals surface area contributed by atoms with E-state index in [-0.39, 0.29) is 17.8 Å². The Hall–Kier alpha value is -2.36. The van der Waals surface area contributed by atoms with Crippen molar-refractivity contribution >= 4 is 11.9 Å². The van der Waals surface area contributed by atoms with E-state index >= 15 is 0 Å². The van der Waals surface area contributed by atoms with Crippen LogP contribution < -0.4 is 0 Å². The largest absolute Gasteiger partial charge is 0.468 e. The summed E-state index contributed by atoms with van der Waals surface area (Å²) in [5.41, 5.74) is 0.214. The minimum Gasteiger partial charge on any atom is -0.468 e. The molecule has 0 radical (unpaired) electrons. The standard InChI is InChI=1S/C22H24O4/c1-4-15-10-11-16(5-2)22(15)13-21(19(23)25-3,20(24)26-22)18-12-14-8-6-7-9-17(14)18/h4-9,15-16,18H,1-2,10-13H2,3H3/t15-,16-,18?,21-/m1/s1. The molecule has 1 aromatic carbocycles. The second kappa shape index (κ2) is 5.83. The first-order chi connectivity index (χ1) is 12.5. The van der Waals surface area contributed by atoms with Crippen LogP contribution in [0.3, 0.4) is 0 Å². The number of carbonyl (C=O) groups excluding carboxylic acids is 2. The maximum atomic E-state index is 13.2. The van der Waals surface area contributed by atoms with Crippen LogP contribution in [-0.4, -0.2) is 24.6 Å². The number of ether oxygens (including phenoxy) is 2. The van der Waals surface area contributed by atoms with Gasteiger partial charge in [0.15, 0.2) is 5.41 Å². The van der Waals surface area contributed by atoms with Crippen molar-refractivity contribution in [1.29, 1.82) is 0 Å². The van der Waals surface area contributed by atoms with E-state index < -0.39 is 23.0 Å². The molecular weight excluding hydrogens is 328 g/mol. The highest BCUT2D eigenvalue weighted by molar-refractivity contribution is 6.03. The van der Waals surface area contributed by atoms with E-state index in [1.54, 1.807) is 0 Å². The molecule has 1 aliphatic heterocycles. The van der Waals surface area contributed by atoms with E-state index in [9.17, 15) is 9.59 Å². The predicted molar refractivity (Wildman–Crippen MR) is 97.4 cm³/mol. The summed E-state index contributed by atoms with van der Waals surface area (Å²) in [5, 5.41) is 0. The summed E-state index contributed by atoms with van der Waals surface area (Å²) in [6.45, 7) is 7.88. The van der Waals surface area contributed by atoms with Crippen LogP contribution in [0.15, 0.2) is 49.6 Å². The van der Waals surface area contributed by atoms with Gasteiger partial charge in [-0.25, -0.2) is 0 Å². The molecule has 1 unspecified atom stereocenters. The number of fused-ring (bicyclic) bond motifs is 1. The lowest BCUT2D eigenvalue weighted by molar-refractivity contribution is -0.167. The lowest BCUT2D eigenvalue weighted by Crippen LogP contribution is -2.47. The Labute approximate surface area is 153 Å². The molecule has 4 nitrogen and oxygen atoms in total. The second-order valence-electron chi connectivity index (χ2n) is 7.70. The SMILES string of the molecule is C=C[C@@H]1CC[C@@H](C=C)C12C[C@](C(=O)OC)(C1Cc3ccccc31)C(=O)O2. The van der Waals surface area contributed by atoms with Gasteiger partial charge >= 0.3 is 11.9 Å². The Morgan fingerprint density at radius 1 is 1.23 bits per heavy atom. The van der Waals surface area contributed by atoms with Crippen molar-refractivity contribution in [3.8, 4) is 0 Å². The van der Waals surface area contributed by atoms with Crippen molar-refractivity contribution in [3.05, 3.63) is 60.7 Å². The number of methoxy groups -OCH3 is 1. The van der Waals surface area contributed by atoms with Crippen molar-refractivity contribution in [3.63, 3.8) is 0 Å². The van der Waals surface area contributed by atoms with E-state index in [4.69, 9.17) is 9.47 Å². The zero-order valence-corrected chi connectivity index (χ0v) is 15.1. The molecule has 4 atom stereocenters. The van der Waals surface area contributed by atoms with Gasteiger partial charge in [-0.1, -0.05) is 36.4 Å². The zero-order valence-electron chi connectivity index (χ0n) is 15.1. The Morgan fingerprint density at radius 3 is 2.46 bits per heavy atom. The molecule has 2 aliphatic carbocycles.